The van der Waals surface area contributed by atoms with Gasteiger partial charge in [-0.2, -0.15) is 11.8 Å². The van der Waals surface area contributed by atoms with E-state index >= 15 is 0 Å². The highest BCUT2D eigenvalue weighted by Crippen LogP contribution is 2.45. The number of nitrogens with zero attached hydrogens (tertiary/aromatic N) is 3. The van der Waals surface area contributed by atoms with Crippen LogP contribution in [0.15, 0.2) is 183 Å². The van der Waals surface area contributed by atoms with E-state index in [2.05, 4.69) is 42.5 Å². The Morgan fingerprint density at radius 2 is 1.02 bits per heavy atom. The van der Waals surface area contributed by atoms with Gasteiger partial charge in [-0.3, -0.25) is 42.9 Å². The minimum Gasteiger partial charge on any atom is -0.449 e. The summed E-state index contributed by atoms with van der Waals surface area (Å²) in [5.41, 5.74) is 11.7. The van der Waals surface area contributed by atoms with Crippen LogP contribution in [0.2, 0.25) is 0 Å². The average molecular weight is 1360 g/mol. The molecule has 2 aromatic heterocycles. The molecule has 0 saturated heterocycles. The number of carbonyl (C=O) groups excluding carboxylic acids is 10. The maximum Gasteiger partial charge on any atom is 0.419 e. The van der Waals surface area contributed by atoms with Gasteiger partial charge in [0.2, 0.25) is 47.3 Å². The summed E-state index contributed by atoms with van der Waals surface area (Å²) >= 11 is 1.46. The highest BCUT2D eigenvalue weighted by Gasteiger charge is 2.39. The van der Waals surface area contributed by atoms with E-state index < -0.39 is 127 Å². The minimum absolute atomic E-state index is 0.0185. The van der Waals surface area contributed by atoms with Crippen molar-refractivity contribution in [3.05, 3.63) is 222 Å². The van der Waals surface area contributed by atoms with Gasteiger partial charge in [-0.05, 0) is 95.7 Å². The lowest BCUT2D eigenvalue weighted by atomic mass is 9.77. The topological polar surface area (TPSA) is 334 Å². The molecule has 0 radical (unpaired) electrons. The Bertz CT molecular complexity index is 4070. The predicted octanol–water partition coefficient (Wildman–Crippen LogP) is 5.97. The van der Waals surface area contributed by atoms with E-state index in [1.807, 2.05) is 150 Å². The van der Waals surface area contributed by atoms with Crippen molar-refractivity contribution in [1.29, 1.82) is 0 Å². The van der Waals surface area contributed by atoms with Crippen LogP contribution in [-0.4, -0.2) is 148 Å². The zero-order chi connectivity index (χ0) is 70.8. The molecule has 0 spiro atoms. The molecular weight excluding hydrogens is 1280 g/mol. The van der Waals surface area contributed by atoms with Crippen molar-refractivity contribution in [2.24, 2.45) is 11.7 Å². The molecule has 0 fully saturated rings. The lowest BCUT2D eigenvalue weighted by molar-refractivity contribution is -0.133. The number of amides is 9. The molecule has 2 heterocycles. The van der Waals surface area contributed by atoms with Gasteiger partial charge in [-0.1, -0.05) is 172 Å². The number of carbonyl (C=O) groups is 10. The molecule has 0 aliphatic heterocycles. The molecule has 4 atom stereocenters. The van der Waals surface area contributed by atoms with Crippen LogP contribution in [0.1, 0.15) is 86.0 Å². The summed E-state index contributed by atoms with van der Waals surface area (Å²) in [5.74, 6) is -6.65. The molecule has 0 bridgehead atoms. The van der Waals surface area contributed by atoms with Crippen LogP contribution in [0.25, 0.3) is 22.0 Å². The quantitative estimate of drug-likeness (QED) is 0.0235. The normalized spacial score (nSPS) is 13.1. The van der Waals surface area contributed by atoms with Crippen molar-refractivity contribution in [3.63, 3.8) is 0 Å². The molecule has 9 amide bonds. The Kier molecular flexibility index (Phi) is 24.2. The summed E-state index contributed by atoms with van der Waals surface area (Å²) in [7, 11) is 0. The number of nitrogens with two attached hydrogens (primary N) is 1. The molecule has 8 aromatic rings. The van der Waals surface area contributed by atoms with E-state index in [1.54, 1.807) is 71.4 Å². The second-order valence-corrected chi connectivity index (χ2v) is 26.2. The Morgan fingerprint density at radius 3 is 1.54 bits per heavy atom. The number of ether oxygens (including phenoxy) is 2. The van der Waals surface area contributed by atoms with Gasteiger partial charge in [-0.15, -0.1) is 0 Å². The molecule has 1 aliphatic carbocycles. The Hall–Kier alpha value is -11.1. The average Bonchev–Trinajstić information content (AvgIpc) is 1.65. The Balaban J connectivity index is 0.867. The lowest BCUT2D eigenvalue weighted by Crippen LogP contribution is -2.56. The van der Waals surface area contributed by atoms with Crippen molar-refractivity contribution in [2.75, 3.05) is 44.8 Å². The van der Waals surface area contributed by atoms with Crippen molar-refractivity contribution < 1.29 is 57.4 Å². The third-order valence-electron chi connectivity index (χ3n) is 16.7. The highest BCUT2D eigenvalue weighted by molar-refractivity contribution is 7.98. The summed E-state index contributed by atoms with van der Waals surface area (Å²) in [6.45, 7) is 5.84. The first-order valence-corrected chi connectivity index (χ1v) is 33.8. The van der Waals surface area contributed by atoms with E-state index in [-0.39, 0.29) is 31.8 Å². The number of alkyl carbamates (subject to hydrolysis) is 1. The number of hydrogen-bond acceptors (Lipinski definition) is 14. The van der Waals surface area contributed by atoms with Crippen molar-refractivity contribution in [2.45, 2.75) is 95.1 Å². The number of para-hydroxylation sites is 1. The third kappa shape index (κ3) is 18.3. The van der Waals surface area contributed by atoms with E-state index in [0.29, 0.717) is 27.9 Å². The van der Waals surface area contributed by atoms with Crippen LogP contribution in [-0.2, 0) is 66.2 Å². The number of fused-ring (bicyclic) bond motifs is 4. The van der Waals surface area contributed by atoms with E-state index in [0.717, 1.165) is 38.9 Å². The van der Waals surface area contributed by atoms with E-state index in [1.165, 1.54) is 22.5 Å². The van der Waals surface area contributed by atoms with Gasteiger partial charge in [0.25, 0.3) is 0 Å². The molecule has 0 unspecified atom stereocenters. The maximum atomic E-state index is 14.3. The van der Waals surface area contributed by atoms with Gasteiger partial charge < -0.3 is 62.3 Å². The standard InChI is InChI=1S/C74H82N12O12S/c1-46(2)66(70(94)78-39-63(88)83-60(69(93)76-38-62(87)81-58(67(75)91)34-35-99-6)37-51-43-85(45-80-51)74(48-22-10-7-11-23-48,49-24-12-8-13-25-49)50-26-14-9-15-27-50)84-65(90)40-77-68(92)59(36-47-42-86(72(96)98-73(3,4)5)61-33-21-20-28-52(47)61)82-64(89)41-79-71(95)97-44-57-55-31-18-16-29-53(55)54-30-17-19-32-56(54)57/h7-33,42-43,45-46,57-60,66H,34-41,44H2,1-6H3,(H2,75,91)(H,76,93)(H,77,92)(H,78,94)(H,79,95)(H,81,87)(H,82,89)(H,83,88)(H,84,90)/t58-,59-,60-,66-/m0/s1. The zero-order valence-electron chi connectivity index (χ0n) is 55.9. The zero-order valence-corrected chi connectivity index (χ0v) is 56.7. The number of benzene rings is 6. The number of imidazole rings is 1. The summed E-state index contributed by atoms with van der Waals surface area (Å²) < 4.78 is 14.5. The SMILES string of the molecule is CSCC[C@H](NC(=O)CNC(=O)[C@H](Cc1cn(C(c2ccccc2)(c2ccccc2)c2ccccc2)cn1)NC(=O)CNC(=O)[C@@H](NC(=O)CNC(=O)[C@H](Cc1cn(C(=O)OC(C)(C)C)c2ccccc12)NC(=O)CNC(=O)OCC1c2ccccc2-c2ccccc21)C(C)C)C(N)=O. The van der Waals surface area contributed by atoms with Crippen LogP contribution in [0.5, 0.6) is 0 Å². The number of aromatic nitrogens is 3. The van der Waals surface area contributed by atoms with Crippen molar-refractivity contribution >= 4 is 82.1 Å². The second kappa shape index (κ2) is 33.2. The molecule has 516 valence electrons. The Labute approximate surface area is 577 Å². The number of rotatable bonds is 30. The molecule has 0 saturated carbocycles. The molecule has 10 N–H and O–H groups in total. The van der Waals surface area contributed by atoms with Crippen molar-refractivity contribution in [1.82, 2.24) is 56.7 Å². The first-order valence-electron chi connectivity index (χ1n) is 32.4. The third-order valence-corrected chi connectivity index (χ3v) is 17.3. The minimum atomic E-state index is -1.41. The number of nitrogens with one attached hydrogen (secondary N) is 8. The molecular formula is C74H82N12O12S. The molecule has 1 aliphatic rings. The van der Waals surface area contributed by atoms with Crippen LogP contribution in [0.3, 0.4) is 0 Å². The summed E-state index contributed by atoms with van der Waals surface area (Å²) in [6, 6.07) is 46.9. The molecule has 6 aromatic carbocycles. The molecule has 24 nitrogen and oxygen atoms in total. The van der Waals surface area contributed by atoms with Crippen LogP contribution in [0, 0.1) is 5.92 Å². The monoisotopic (exact) mass is 1360 g/mol. The van der Waals surface area contributed by atoms with Crippen LogP contribution >= 0.6 is 11.8 Å². The van der Waals surface area contributed by atoms with Crippen molar-refractivity contribution in [3.8, 4) is 11.1 Å². The lowest BCUT2D eigenvalue weighted by Gasteiger charge is -2.37. The van der Waals surface area contributed by atoms with Gasteiger partial charge in [0.05, 0.1) is 37.2 Å². The number of primary amides is 1. The summed E-state index contributed by atoms with van der Waals surface area (Å²) in [5, 5.41) is 21.2. The molecule has 9 rings (SSSR count). The fraction of sp³-hybridized carbons (Fsp3) is 0.311. The van der Waals surface area contributed by atoms with E-state index in [9.17, 15) is 47.9 Å². The maximum absolute atomic E-state index is 14.3. The van der Waals surface area contributed by atoms with Gasteiger partial charge in [0, 0.05) is 36.5 Å². The van der Waals surface area contributed by atoms with E-state index in [4.69, 9.17) is 20.2 Å². The van der Waals surface area contributed by atoms with Gasteiger partial charge in [-0.25, -0.2) is 14.6 Å². The summed E-state index contributed by atoms with van der Waals surface area (Å²) in [4.78, 5) is 141. The van der Waals surface area contributed by atoms with Crippen LogP contribution < -0.4 is 48.3 Å². The number of thioether (sulfide) groups is 1. The van der Waals surface area contributed by atoms with Crippen LogP contribution in [0.4, 0.5) is 9.59 Å². The Morgan fingerprint density at radius 1 is 0.556 bits per heavy atom. The highest BCUT2D eigenvalue weighted by atomic mass is 32.2. The second-order valence-electron chi connectivity index (χ2n) is 25.2. The molecule has 25 heteroatoms. The largest absolute Gasteiger partial charge is 0.449 e. The smallest absolute Gasteiger partial charge is 0.419 e. The fourth-order valence-electron chi connectivity index (χ4n) is 12.0. The predicted molar refractivity (Wildman–Crippen MR) is 375 cm³/mol. The first-order chi connectivity index (χ1) is 47.5. The van der Waals surface area contributed by atoms with Gasteiger partial charge >= 0.3 is 12.2 Å². The molecule has 99 heavy (non-hydrogen) atoms. The summed E-state index contributed by atoms with van der Waals surface area (Å²) in [6.07, 6.45) is 5.01. The first kappa shape index (κ1) is 72.2. The van der Waals surface area contributed by atoms with Gasteiger partial charge in [0.15, 0.2) is 0 Å². The fourth-order valence-corrected chi connectivity index (χ4v) is 12.5. The van der Waals surface area contributed by atoms with Gasteiger partial charge in [0.1, 0.15) is 48.5 Å². The number of hydrogen-bond donors (Lipinski definition) is 9.